The third-order valence-electron chi connectivity index (χ3n) is 4.45. The topological polar surface area (TPSA) is 93.1 Å². The number of hydrazine groups is 1. The second-order valence-electron chi connectivity index (χ2n) is 6.40. The van der Waals surface area contributed by atoms with Crippen LogP contribution in [0.25, 0.3) is 22.6 Å². The second-order valence-corrected chi connectivity index (χ2v) is 7.53. The van der Waals surface area contributed by atoms with Gasteiger partial charge in [0.15, 0.2) is 10.9 Å². The fraction of sp³-hybridized carbons (Fsp3) is 0.333. The van der Waals surface area contributed by atoms with Crippen molar-refractivity contribution >= 4 is 45.6 Å². The minimum Gasteiger partial charge on any atom is -0.376 e. The van der Waals surface area contributed by atoms with Gasteiger partial charge in [-0.25, -0.2) is 9.97 Å². The highest BCUT2D eigenvalue weighted by atomic mass is 32.1. The van der Waals surface area contributed by atoms with Gasteiger partial charge in [0, 0.05) is 18.5 Å². The molecule has 0 spiro atoms. The zero-order valence-electron chi connectivity index (χ0n) is 15.1. The molecule has 1 aromatic carbocycles. The number of hydrogen-bond donors (Lipinski definition) is 3. The standard InChI is InChI=1S/C18H20N6O2S2/c25-16(22-23-18(27)19-8-12-4-3-7-26-12)9-24-15-6-2-1-5-13(15)21-17(24)14-10-28-11-20-14/h1-2,5-6,10-12H,3-4,7-9H2,(H,22,25)(H2,19,23,27). The lowest BCUT2D eigenvalue weighted by Crippen LogP contribution is -2.49. The van der Waals surface area contributed by atoms with E-state index in [1.807, 2.05) is 34.2 Å². The molecule has 146 valence electrons. The Balaban J connectivity index is 1.39. The highest BCUT2D eigenvalue weighted by molar-refractivity contribution is 7.80. The minimum absolute atomic E-state index is 0.0920. The predicted octanol–water partition coefficient (Wildman–Crippen LogP) is 1.83. The second kappa shape index (κ2) is 8.63. The first-order chi connectivity index (χ1) is 13.7. The third-order valence-corrected chi connectivity index (χ3v) is 5.28. The van der Waals surface area contributed by atoms with Crippen LogP contribution < -0.4 is 16.2 Å². The van der Waals surface area contributed by atoms with Gasteiger partial charge in [0.2, 0.25) is 0 Å². The zero-order valence-corrected chi connectivity index (χ0v) is 16.7. The van der Waals surface area contributed by atoms with Crippen molar-refractivity contribution in [3.05, 3.63) is 35.2 Å². The molecule has 8 nitrogen and oxygen atoms in total. The van der Waals surface area contributed by atoms with Gasteiger partial charge in [-0.05, 0) is 37.2 Å². The lowest BCUT2D eigenvalue weighted by atomic mass is 10.2. The summed E-state index contributed by atoms with van der Waals surface area (Å²) in [5, 5.41) is 5.33. The van der Waals surface area contributed by atoms with Crippen molar-refractivity contribution in [1.82, 2.24) is 30.7 Å². The molecule has 10 heteroatoms. The van der Waals surface area contributed by atoms with Crippen LogP contribution >= 0.6 is 23.6 Å². The van der Waals surface area contributed by atoms with Crippen molar-refractivity contribution in [1.29, 1.82) is 0 Å². The number of benzene rings is 1. The Kier molecular flexibility index (Phi) is 5.79. The van der Waals surface area contributed by atoms with Gasteiger partial charge in [-0.1, -0.05) is 12.1 Å². The first-order valence-corrected chi connectivity index (χ1v) is 10.3. The molecule has 1 aliphatic rings. The summed E-state index contributed by atoms with van der Waals surface area (Å²) < 4.78 is 7.39. The van der Waals surface area contributed by atoms with E-state index in [0.717, 1.165) is 36.2 Å². The summed E-state index contributed by atoms with van der Waals surface area (Å²) in [5.74, 6) is 0.428. The molecule has 3 N–H and O–H groups in total. The van der Waals surface area contributed by atoms with E-state index < -0.39 is 0 Å². The van der Waals surface area contributed by atoms with Gasteiger partial charge in [0.05, 0.1) is 22.6 Å². The number of hydrogen-bond acceptors (Lipinski definition) is 6. The molecule has 0 bridgehead atoms. The fourth-order valence-corrected chi connectivity index (χ4v) is 3.78. The van der Waals surface area contributed by atoms with Crippen LogP contribution in [0, 0.1) is 0 Å². The molecule has 0 saturated carbocycles. The smallest absolute Gasteiger partial charge is 0.258 e. The largest absolute Gasteiger partial charge is 0.376 e. The van der Waals surface area contributed by atoms with Crippen LogP contribution in [0.3, 0.4) is 0 Å². The Morgan fingerprint density at radius 2 is 2.25 bits per heavy atom. The van der Waals surface area contributed by atoms with Gasteiger partial charge < -0.3 is 14.6 Å². The lowest BCUT2D eigenvalue weighted by Gasteiger charge is -2.15. The van der Waals surface area contributed by atoms with Gasteiger partial charge in [-0.15, -0.1) is 11.3 Å². The van der Waals surface area contributed by atoms with Gasteiger partial charge in [-0.2, -0.15) is 0 Å². The molecule has 1 amide bonds. The van der Waals surface area contributed by atoms with Crippen molar-refractivity contribution in [3.63, 3.8) is 0 Å². The quantitative estimate of drug-likeness (QED) is 0.432. The fourth-order valence-electron chi connectivity index (χ4n) is 3.12. The van der Waals surface area contributed by atoms with E-state index >= 15 is 0 Å². The van der Waals surface area contributed by atoms with Gasteiger partial charge in [0.1, 0.15) is 12.2 Å². The van der Waals surface area contributed by atoms with E-state index in [1.165, 1.54) is 11.3 Å². The molecule has 0 radical (unpaired) electrons. The monoisotopic (exact) mass is 416 g/mol. The van der Waals surface area contributed by atoms with E-state index in [2.05, 4.69) is 26.1 Å². The highest BCUT2D eigenvalue weighted by Crippen LogP contribution is 2.24. The lowest BCUT2D eigenvalue weighted by molar-refractivity contribution is -0.122. The van der Waals surface area contributed by atoms with Gasteiger partial charge in [-0.3, -0.25) is 15.6 Å². The summed E-state index contributed by atoms with van der Waals surface area (Å²) in [6, 6.07) is 7.70. The summed E-state index contributed by atoms with van der Waals surface area (Å²) in [7, 11) is 0. The van der Waals surface area contributed by atoms with Crippen molar-refractivity contribution in [2.45, 2.75) is 25.5 Å². The zero-order chi connectivity index (χ0) is 19.3. The maximum Gasteiger partial charge on any atom is 0.258 e. The summed E-state index contributed by atoms with van der Waals surface area (Å²) >= 11 is 6.69. The molecule has 4 rings (SSSR count). The molecule has 1 saturated heterocycles. The number of fused-ring (bicyclic) bond motifs is 1. The van der Waals surface area contributed by atoms with Gasteiger partial charge in [0.25, 0.3) is 5.91 Å². The van der Waals surface area contributed by atoms with E-state index in [4.69, 9.17) is 17.0 Å². The van der Waals surface area contributed by atoms with Crippen LogP contribution in [0.1, 0.15) is 12.8 Å². The Bertz CT molecular complexity index is 966. The number of imidazole rings is 1. The van der Waals surface area contributed by atoms with Crippen LogP contribution in [0.5, 0.6) is 0 Å². The van der Waals surface area contributed by atoms with Gasteiger partial charge >= 0.3 is 0 Å². The number of amides is 1. The molecule has 2 aromatic heterocycles. The number of carbonyl (C=O) groups excluding carboxylic acids is 1. The number of para-hydroxylation sites is 2. The Morgan fingerprint density at radius 3 is 3.04 bits per heavy atom. The third kappa shape index (κ3) is 4.29. The minimum atomic E-state index is -0.235. The summed E-state index contributed by atoms with van der Waals surface area (Å²) in [6.45, 7) is 1.51. The highest BCUT2D eigenvalue weighted by Gasteiger charge is 2.17. The van der Waals surface area contributed by atoms with Crippen molar-refractivity contribution in [2.75, 3.05) is 13.2 Å². The Morgan fingerprint density at radius 1 is 1.36 bits per heavy atom. The van der Waals surface area contributed by atoms with E-state index in [1.54, 1.807) is 5.51 Å². The number of nitrogens with one attached hydrogen (secondary N) is 3. The van der Waals surface area contributed by atoms with Crippen LogP contribution in [0.4, 0.5) is 0 Å². The number of aromatic nitrogens is 3. The number of thiazole rings is 1. The molecular formula is C18H20N6O2S2. The SMILES string of the molecule is O=C(Cn1c(-c2cscn2)nc2ccccc21)NNC(=S)NCC1CCCO1. The molecule has 3 aromatic rings. The summed E-state index contributed by atoms with van der Waals surface area (Å²) in [4.78, 5) is 21.5. The molecule has 1 atom stereocenters. The number of carbonyl (C=O) groups is 1. The molecule has 1 aliphatic heterocycles. The maximum atomic E-state index is 12.5. The average Bonchev–Trinajstić information content (AvgIpc) is 3.46. The first kappa shape index (κ1) is 18.8. The molecule has 1 fully saturated rings. The Labute approximate surface area is 171 Å². The van der Waals surface area contributed by atoms with Crippen LogP contribution in [0.15, 0.2) is 35.2 Å². The maximum absolute atomic E-state index is 12.5. The van der Waals surface area contributed by atoms with Crippen molar-refractivity contribution < 1.29 is 9.53 Å². The van der Waals surface area contributed by atoms with E-state index in [0.29, 0.717) is 17.5 Å². The Hall–Kier alpha value is -2.56. The van der Waals surface area contributed by atoms with Crippen molar-refractivity contribution in [2.24, 2.45) is 0 Å². The molecule has 3 heterocycles. The number of nitrogens with zero attached hydrogens (tertiary/aromatic N) is 3. The molecule has 1 unspecified atom stereocenters. The number of rotatable bonds is 5. The molecule has 0 aliphatic carbocycles. The van der Waals surface area contributed by atoms with E-state index in [9.17, 15) is 4.79 Å². The first-order valence-electron chi connectivity index (χ1n) is 8.99. The summed E-state index contributed by atoms with van der Waals surface area (Å²) in [5.41, 5.74) is 9.56. The predicted molar refractivity (Wildman–Crippen MR) is 112 cm³/mol. The number of ether oxygens (including phenoxy) is 1. The average molecular weight is 417 g/mol. The van der Waals surface area contributed by atoms with Crippen LogP contribution in [-0.4, -0.2) is 44.8 Å². The van der Waals surface area contributed by atoms with Crippen molar-refractivity contribution in [3.8, 4) is 11.5 Å². The van der Waals surface area contributed by atoms with Crippen LogP contribution in [-0.2, 0) is 16.1 Å². The molecular weight excluding hydrogens is 396 g/mol. The molecule has 28 heavy (non-hydrogen) atoms. The van der Waals surface area contributed by atoms with E-state index in [-0.39, 0.29) is 18.6 Å². The summed E-state index contributed by atoms with van der Waals surface area (Å²) in [6.07, 6.45) is 2.27. The normalized spacial score (nSPS) is 16.2. The number of thiocarbonyl (C=S) groups is 1. The van der Waals surface area contributed by atoms with Crippen LogP contribution in [0.2, 0.25) is 0 Å².